The van der Waals surface area contributed by atoms with Crippen LogP contribution in [-0.2, 0) is 11.2 Å². The van der Waals surface area contributed by atoms with Crippen LogP contribution in [0, 0.1) is 0 Å². The zero-order chi connectivity index (χ0) is 18.8. The second-order valence-corrected chi connectivity index (χ2v) is 8.72. The van der Waals surface area contributed by atoms with E-state index in [0.29, 0.717) is 23.0 Å². The van der Waals surface area contributed by atoms with Gasteiger partial charge in [0.2, 0.25) is 5.91 Å². The summed E-state index contributed by atoms with van der Waals surface area (Å²) >= 11 is 9.70. The molecule has 1 aliphatic rings. The van der Waals surface area contributed by atoms with E-state index in [2.05, 4.69) is 39.2 Å². The minimum absolute atomic E-state index is 0.0449. The van der Waals surface area contributed by atoms with Crippen molar-refractivity contribution in [3.8, 4) is 5.75 Å². The minimum atomic E-state index is -0.0449. The van der Waals surface area contributed by atoms with Crippen molar-refractivity contribution in [2.24, 2.45) is 0 Å². The molecule has 1 N–H and O–H groups in total. The topological polar surface area (TPSA) is 41.6 Å². The van der Waals surface area contributed by atoms with Crippen molar-refractivity contribution < 1.29 is 9.53 Å². The molecular formula is C20H19ClN2O2S2. The lowest BCUT2D eigenvalue weighted by Crippen LogP contribution is -2.40. The Hall–Kier alpha value is -1.86. The zero-order valence-electron chi connectivity index (χ0n) is 14.8. The number of nitrogens with one attached hydrogen (secondary N) is 1. The van der Waals surface area contributed by atoms with Crippen LogP contribution in [0.25, 0.3) is 0 Å². The summed E-state index contributed by atoms with van der Waals surface area (Å²) in [5.41, 5.74) is 2.00. The quantitative estimate of drug-likeness (QED) is 0.629. The van der Waals surface area contributed by atoms with Gasteiger partial charge in [0.15, 0.2) is 0 Å². The fourth-order valence-electron chi connectivity index (χ4n) is 3.45. The maximum absolute atomic E-state index is 12.7. The first-order chi connectivity index (χ1) is 13.2. The maximum atomic E-state index is 12.7. The Bertz CT molecular complexity index is 939. The largest absolute Gasteiger partial charge is 0.495 e. The molecule has 1 amide bonds. The van der Waals surface area contributed by atoms with E-state index < -0.39 is 0 Å². The Morgan fingerprint density at radius 3 is 2.93 bits per heavy atom. The van der Waals surface area contributed by atoms with Crippen LogP contribution in [0.5, 0.6) is 5.75 Å². The third kappa shape index (κ3) is 3.89. The molecule has 1 aromatic carbocycles. The number of thiophene rings is 2. The summed E-state index contributed by atoms with van der Waals surface area (Å²) in [6.45, 7) is 1.20. The molecule has 0 fully saturated rings. The number of hydrogen-bond acceptors (Lipinski definition) is 5. The minimum Gasteiger partial charge on any atom is -0.495 e. The third-order valence-corrected chi connectivity index (χ3v) is 6.88. The zero-order valence-corrected chi connectivity index (χ0v) is 17.2. The molecule has 7 heteroatoms. The van der Waals surface area contributed by atoms with Crippen molar-refractivity contribution in [3.63, 3.8) is 0 Å². The number of fused-ring (bicyclic) bond motifs is 1. The smallest absolute Gasteiger partial charge is 0.238 e. The Morgan fingerprint density at radius 2 is 2.19 bits per heavy atom. The summed E-state index contributed by atoms with van der Waals surface area (Å²) in [7, 11) is 1.57. The molecule has 0 radical (unpaired) electrons. The van der Waals surface area contributed by atoms with E-state index in [1.165, 1.54) is 15.3 Å². The molecule has 2 aromatic heterocycles. The van der Waals surface area contributed by atoms with E-state index in [0.717, 1.165) is 13.0 Å². The standard InChI is InChI=1S/C20H19ClN2O2S2/c1-25-16-5-4-13(11-15(16)21)22-19(24)12-23-8-6-17-14(7-10-27-17)20(23)18-3-2-9-26-18/h2-5,7,9-11,20H,6,8,12H2,1H3,(H,22,24)/t20-/m0/s1. The molecule has 140 valence electrons. The number of carbonyl (C=O) groups excluding carboxylic acids is 1. The number of methoxy groups -OCH3 is 1. The van der Waals surface area contributed by atoms with Gasteiger partial charge in [0.25, 0.3) is 0 Å². The number of hydrogen-bond donors (Lipinski definition) is 1. The van der Waals surface area contributed by atoms with E-state index in [1.54, 1.807) is 48.0 Å². The van der Waals surface area contributed by atoms with Gasteiger partial charge in [-0.25, -0.2) is 0 Å². The number of carbonyl (C=O) groups is 1. The van der Waals surface area contributed by atoms with Crippen LogP contribution in [0.2, 0.25) is 5.02 Å². The van der Waals surface area contributed by atoms with Crippen molar-refractivity contribution in [2.45, 2.75) is 12.5 Å². The first kappa shape index (κ1) is 18.5. The second-order valence-electron chi connectivity index (χ2n) is 6.34. The van der Waals surface area contributed by atoms with Gasteiger partial charge < -0.3 is 10.1 Å². The number of anilines is 1. The van der Waals surface area contributed by atoms with Crippen LogP contribution in [0.1, 0.15) is 21.4 Å². The Morgan fingerprint density at radius 1 is 1.30 bits per heavy atom. The molecule has 0 saturated carbocycles. The highest BCUT2D eigenvalue weighted by atomic mass is 35.5. The first-order valence-corrected chi connectivity index (χ1v) is 10.8. The van der Waals surface area contributed by atoms with Gasteiger partial charge in [0, 0.05) is 22.0 Å². The average Bonchev–Trinajstić information content (AvgIpc) is 3.33. The number of amides is 1. The van der Waals surface area contributed by atoms with Gasteiger partial charge in [-0.2, -0.15) is 0 Å². The molecule has 27 heavy (non-hydrogen) atoms. The van der Waals surface area contributed by atoms with E-state index in [1.807, 2.05) is 0 Å². The van der Waals surface area contributed by atoms with E-state index in [4.69, 9.17) is 16.3 Å². The average molecular weight is 419 g/mol. The van der Waals surface area contributed by atoms with Crippen molar-refractivity contribution in [3.05, 3.63) is 67.5 Å². The normalized spacial score (nSPS) is 16.7. The van der Waals surface area contributed by atoms with Gasteiger partial charge >= 0.3 is 0 Å². The molecular weight excluding hydrogens is 400 g/mol. The molecule has 0 spiro atoms. The Labute approximate surface area is 171 Å². The highest BCUT2D eigenvalue weighted by Gasteiger charge is 2.31. The van der Waals surface area contributed by atoms with Crippen LogP contribution < -0.4 is 10.1 Å². The molecule has 1 atom stereocenters. The summed E-state index contributed by atoms with van der Waals surface area (Å²) < 4.78 is 5.16. The molecule has 3 aromatic rings. The van der Waals surface area contributed by atoms with Crippen molar-refractivity contribution in [2.75, 3.05) is 25.5 Å². The van der Waals surface area contributed by atoms with Crippen LogP contribution in [0.3, 0.4) is 0 Å². The number of nitrogens with zero attached hydrogens (tertiary/aromatic N) is 1. The summed E-state index contributed by atoms with van der Waals surface area (Å²) in [6.07, 6.45) is 0.983. The third-order valence-electron chi connectivity index (χ3n) is 4.66. The molecule has 4 rings (SSSR count). The molecule has 0 saturated heterocycles. The lowest BCUT2D eigenvalue weighted by Gasteiger charge is -2.34. The number of rotatable bonds is 5. The van der Waals surface area contributed by atoms with Gasteiger partial charge in [0.1, 0.15) is 5.75 Å². The fourth-order valence-corrected chi connectivity index (χ4v) is 5.49. The van der Waals surface area contributed by atoms with E-state index in [-0.39, 0.29) is 11.9 Å². The lowest BCUT2D eigenvalue weighted by atomic mass is 9.98. The molecule has 0 unspecified atom stereocenters. The van der Waals surface area contributed by atoms with E-state index in [9.17, 15) is 4.79 Å². The summed E-state index contributed by atoms with van der Waals surface area (Å²) in [4.78, 5) is 17.6. The maximum Gasteiger partial charge on any atom is 0.238 e. The molecule has 0 bridgehead atoms. The highest BCUT2D eigenvalue weighted by Crippen LogP contribution is 2.39. The Balaban J connectivity index is 1.51. The summed E-state index contributed by atoms with van der Waals surface area (Å²) in [5.74, 6) is 0.546. The number of benzene rings is 1. The van der Waals surface area contributed by atoms with Gasteiger partial charge in [0.05, 0.1) is 24.7 Å². The highest BCUT2D eigenvalue weighted by molar-refractivity contribution is 7.10. The van der Waals surface area contributed by atoms with Crippen LogP contribution >= 0.6 is 34.3 Å². The second kappa shape index (κ2) is 8.02. The lowest BCUT2D eigenvalue weighted by molar-refractivity contribution is -0.117. The van der Waals surface area contributed by atoms with Gasteiger partial charge in [-0.05, 0) is 53.1 Å². The first-order valence-electron chi connectivity index (χ1n) is 8.63. The van der Waals surface area contributed by atoms with Crippen LogP contribution in [0.4, 0.5) is 5.69 Å². The predicted molar refractivity (Wildman–Crippen MR) is 112 cm³/mol. The number of ether oxygens (including phenoxy) is 1. The predicted octanol–water partition coefficient (Wildman–Crippen LogP) is 5.06. The SMILES string of the molecule is COc1ccc(NC(=O)CN2CCc3sccc3[C@H]2c2cccs2)cc1Cl. The summed E-state index contributed by atoms with van der Waals surface area (Å²) in [6, 6.07) is 11.8. The fraction of sp³-hybridized carbons (Fsp3) is 0.250. The monoisotopic (exact) mass is 418 g/mol. The van der Waals surface area contributed by atoms with Gasteiger partial charge in [-0.3, -0.25) is 9.69 Å². The molecule has 0 aliphatic carbocycles. The summed E-state index contributed by atoms with van der Waals surface area (Å²) in [5, 5.41) is 7.67. The molecule has 1 aliphatic heterocycles. The number of halogens is 1. The van der Waals surface area contributed by atoms with Crippen molar-refractivity contribution in [1.82, 2.24) is 4.90 Å². The van der Waals surface area contributed by atoms with Gasteiger partial charge in [-0.15, -0.1) is 22.7 Å². The van der Waals surface area contributed by atoms with Crippen LogP contribution in [-0.4, -0.2) is 31.0 Å². The van der Waals surface area contributed by atoms with E-state index >= 15 is 0 Å². The van der Waals surface area contributed by atoms with Gasteiger partial charge in [-0.1, -0.05) is 17.7 Å². The van der Waals surface area contributed by atoms with Crippen molar-refractivity contribution in [1.29, 1.82) is 0 Å². The molecule has 4 nitrogen and oxygen atoms in total. The molecule has 3 heterocycles. The Kier molecular flexibility index (Phi) is 5.50. The van der Waals surface area contributed by atoms with Crippen molar-refractivity contribution >= 4 is 45.9 Å². The van der Waals surface area contributed by atoms with Crippen LogP contribution in [0.15, 0.2) is 47.2 Å².